The molecule has 0 saturated heterocycles. The van der Waals surface area contributed by atoms with E-state index in [4.69, 9.17) is 22.1 Å². The maximum atomic E-state index is 12.7. The molecule has 1 aromatic heterocycles. The minimum atomic E-state index is -3.89. The molecule has 0 atom stereocenters. The van der Waals surface area contributed by atoms with Gasteiger partial charge in [-0.2, -0.15) is 4.31 Å². The standard InChI is InChI=1S/C18H20ClN3O6S2/c1-3-22(4-2)30(26,27)14-9-11(5-6-13(14)19)18(25)28-10-15(23)21-17-12(16(20)24)7-8-29-17/h5-9H,3-4,10H2,1-2H3,(H2,20,24)(H,21,23). The van der Waals surface area contributed by atoms with Gasteiger partial charge >= 0.3 is 5.97 Å². The number of nitrogens with zero attached hydrogens (tertiary/aromatic N) is 1. The Morgan fingerprint density at radius 1 is 1.20 bits per heavy atom. The summed E-state index contributed by atoms with van der Waals surface area (Å²) in [6, 6.07) is 5.15. The van der Waals surface area contributed by atoms with Crippen LogP contribution >= 0.6 is 22.9 Å². The van der Waals surface area contributed by atoms with Crippen LogP contribution < -0.4 is 11.1 Å². The van der Waals surface area contributed by atoms with Crippen LogP contribution in [0.2, 0.25) is 5.02 Å². The van der Waals surface area contributed by atoms with E-state index in [1.54, 1.807) is 19.2 Å². The molecule has 0 aliphatic carbocycles. The number of sulfonamides is 1. The molecule has 9 nitrogen and oxygen atoms in total. The van der Waals surface area contributed by atoms with Gasteiger partial charge in [0, 0.05) is 13.1 Å². The number of esters is 1. The highest BCUT2D eigenvalue weighted by atomic mass is 35.5. The number of ether oxygens (including phenoxy) is 1. The van der Waals surface area contributed by atoms with Gasteiger partial charge in [0.1, 0.15) is 9.90 Å². The highest BCUT2D eigenvalue weighted by Crippen LogP contribution is 2.26. The van der Waals surface area contributed by atoms with E-state index in [1.807, 2.05) is 0 Å². The molecule has 0 spiro atoms. The smallest absolute Gasteiger partial charge is 0.338 e. The Hall–Kier alpha value is -2.47. The van der Waals surface area contributed by atoms with Gasteiger partial charge in [-0.05, 0) is 29.6 Å². The Morgan fingerprint density at radius 3 is 2.47 bits per heavy atom. The van der Waals surface area contributed by atoms with E-state index in [0.717, 1.165) is 17.4 Å². The number of hydrogen-bond acceptors (Lipinski definition) is 7. The Balaban J connectivity index is 2.11. The molecule has 0 bridgehead atoms. The Labute approximate surface area is 182 Å². The first-order valence-corrected chi connectivity index (χ1v) is 11.5. The Morgan fingerprint density at radius 2 is 1.87 bits per heavy atom. The second-order valence-electron chi connectivity index (χ2n) is 5.89. The van der Waals surface area contributed by atoms with Gasteiger partial charge < -0.3 is 15.8 Å². The van der Waals surface area contributed by atoms with Crippen molar-refractivity contribution in [3.63, 3.8) is 0 Å². The summed E-state index contributed by atoms with van der Waals surface area (Å²) >= 11 is 7.12. The molecule has 0 aliphatic heterocycles. The Bertz CT molecular complexity index is 1060. The van der Waals surface area contributed by atoms with Crippen molar-refractivity contribution in [1.82, 2.24) is 4.31 Å². The topological polar surface area (TPSA) is 136 Å². The lowest BCUT2D eigenvalue weighted by Crippen LogP contribution is -2.31. The van der Waals surface area contributed by atoms with Crippen LogP contribution in [0.4, 0.5) is 5.00 Å². The minimum Gasteiger partial charge on any atom is -0.452 e. The first-order valence-electron chi connectivity index (χ1n) is 8.75. The maximum Gasteiger partial charge on any atom is 0.338 e. The van der Waals surface area contributed by atoms with Gasteiger partial charge in [-0.25, -0.2) is 13.2 Å². The number of benzene rings is 1. The van der Waals surface area contributed by atoms with Gasteiger partial charge in [0.25, 0.3) is 11.8 Å². The van der Waals surface area contributed by atoms with Crippen LogP contribution in [0.5, 0.6) is 0 Å². The van der Waals surface area contributed by atoms with Crippen molar-refractivity contribution in [2.24, 2.45) is 5.73 Å². The van der Waals surface area contributed by atoms with Crippen LogP contribution in [-0.2, 0) is 19.6 Å². The van der Waals surface area contributed by atoms with E-state index in [0.29, 0.717) is 0 Å². The lowest BCUT2D eigenvalue weighted by atomic mass is 10.2. The first kappa shape index (κ1) is 23.8. The number of halogens is 1. The number of nitrogens with two attached hydrogens (primary N) is 1. The number of primary amides is 1. The summed E-state index contributed by atoms with van der Waals surface area (Å²) in [5.41, 5.74) is 5.27. The predicted molar refractivity (Wildman–Crippen MR) is 113 cm³/mol. The van der Waals surface area contributed by atoms with Crippen LogP contribution in [-0.4, -0.2) is 50.2 Å². The van der Waals surface area contributed by atoms with Crippen molar-refractivity contribution in [2.45, 2.75) is 18.7 Å². The zero-order valence-corrected chi connectivity index (χ0v) is 18.6. The summed E-state index contributed by atoms with van der Waals surface area (Å²) < 4.78 is 31.6. The van der Waals surface area contributed by atoms with E-state index in [1.165, 1.54) is 22.5 Å². The number of carbonyl (C=O) groups excluding carboxylic acids is 3. The maximum absolute atomic E-state index is 12.7. The molecule has 1 heterocycles. The second kappa shape index (κ2) is 10.0. The van der Waals surface area contributed by atoms with E-state index < -0.39 is 34.4 Å². The zero-order valence-electron chi connectivity index (χ0n) is 16.2. The summed E-state index contributed by atoms with van der Waals surface area (Å²) in [6.45, 7) is 3.20. The van der Waals surface area contributed by atoms with Gasteiger partial charge in [-0.1, -0.05) is 25.4 Å². The lowest BCUT2D eigenvalue weighted by molar-refractivity contribution is -0.119. The number of carbonyl (C=O) groups is 3. The van der Waals surface area contributed by atoms with E-state index >= 15 is 0 Å². The van der Waals surface area contributed by atoms with Crippen LogP contribution in [0, 0.1) is 0 Å². The van der Waals surface area contributed by atoms with E-state index in [2.05, 4.69) is 5.32 Å². The zero-order chi connectivity index (χ0) is 22.5. The third-order valence-electron chi connectivity index (χ3n) is 4.01. The monoisotopic (exact) mass is 473 g/mol. The molecular weight excluding hydrogens is 454 g/mol. The Kier molecular flexibility index (Phi) is 7.96. The van der Waals surface area contributed by atoms with Crippen LogP contribution in [0.3, 0.4) is 0 Å². The summed E-state index contributed by atoms with van der Waals surface area (Å²) in [4.78, 5) is 35.4. The summed E-state index contributed by atoms with van der Waals surface area (Å²) in [5, 5.41) is 4.21. The SMILES string of the molecule is CCN(CC)S(=O)(=O)c1cc(C(=O)OCC(=O)Nc2sccc2C(N)=O)ccc1Cl. The van der Waals surface area contributed by atoms with Crippen molar-refractivity contribution in [2.75, 3.05) is 25.0 Å². The molecule has 0 fully saturated rings. The lowest BCUT2D eigenvalue weighted by Gasteiger charge is -2.19. The fourth-order valence-electron chi connectivity index (χ4n) is 2.51. The van der Waals surface area contributed by atoms with Gasteiger partial charge in [-0.15, -0.1) is 11.3 Å². The summed E-state index contributed by atoms with van der Waals surface area (Å²) in [5.74, 6) is -2.29. The largest absolute Gasteiger partial charge is 0.452 e. The fourth-order valence-corrected chi connectivity index (χ4v) is 5.27. The molecule has 2 amide bonds. The van der Waals surface area contributed by atoms with Crippen LogP contribution in [0.1, 0.15) is 34.6 Å². The average Bonchev–Trinajstić information content (AvgIpc) is 3.15. The number of anilines is 1. The van der Waals surface area contributed by atoms with Crippen molar-refractivity contribution < 1.29 is 27.5 Å². The van der Waals surface area contributed by atoms with Crippen LogP contribution in [0.15, 0.2) is 34.5 Å². The first-order chi connectivity index (χ1) is 14.1. The van der Waals surface area contributed by atoms with Crippen molar-refractivity contribution >= 4 is 55.7 Å². The molecule has 0 saturated carbocycles. The third-order valence-corrected chi connectivity index (χ3v) is 7.37. The molecule has 0 radical (unpaired) electrons. The molecule has 2 aromatic rings. The molecule has 0 unspecified atom stereocenters. The van der Waals surface area contributed by atoms with Gasteiger partial charge in [-0.3, -0.25) is 9.59 Å². The summed E-state index contributed by atoms with van der Waals surface area (Å²) in [6.07, 6.45) is 0. The minimum absolute atomic E-state index is 0.0344. The number of thiophene rings is 1. The molecule has 0 aliphatic rings. The molecule has 162 valence electrons. The highest BCUT2D eigenvalue weighted by molar-refractivity contribution is 7.89. The van der Waals surface area contributed by atoms with Gasteiger partial charge in [0.05, 0.1) is 16.1 Å². The van der Waals surface area contributed by atoms with E-state index in [9.17, 15) is 22.8 Å². The highest BCUT2D eigenvalue weighted by Gasteiger charge is 2.26. The fraction of sp³-hybridized carbons (Fsp3) is 0.278. The molecule has 30 heavy (non-hydrogen) atoms. The normalized spacial score (nSPS) is 11.3. The van der Waals surface area contributed by atoms with Crippen molar-refractivity contribution in [3.8, 4) is 0 Å². The second-order valence-corrected chi connectivity index (χ2v) is 9.12. The summed E-state index contributed by atoms with van der Waals surface area (Å²) in [7, 11) is -3.89. The van der Waals surface area contributed by atoms with Gasteiger partial charge in [0.2, 0.25) is 10.0 Å². The van der Waals surface area contributed by atoms with Gasteiger partial charge in [0.15, 0.2) is 6.61 Å². The predicted octanol–water partition coefficient (Wildman–Crippen LogP) is 2.33. The van der Waals surface area contributed by atoms with Crippen molar-refractivity contribution in [3.05, 3.63) is 45.8 Å². The third kappa shape index (κ3) is 5.36. The molecule has 2 rings (SSSR count). The molecule has 12 heteroatoms. The average molecular weight is 474 g/mol. The molecule has 3 N–H and O–H groups in total. The van der Waals surface area contributed by atoms with E-state index in [-0.39, 0.29) is 39.1 Å². The number of nitrogens with one attached hydrogen (secondary N) is 1. The number of rotatable bonds is 9. The molecular formula is C18H20ClN3O6S2. The van der Waals surface area contributed by atoms with Crippen LogP contribution in [0.25, 0.3) is 0 Å². The van der Waals surface area contributed by atoms with Crippen molar-refractivity contribution in [1.29, 1.82) is 0 Å². The number of hydrogen-bond donors (Lipinski definition) is 2. The number of amides is 2. The molecule has 1 aromatic carbocycles. The quantitative estimate of drug-likeness (QED) is 0.536.